The molecule has 0 aromatic carbocycles. The van der Waals surface area contributed by atoms with Gasteiger partial charge >= 0.3 is 0 Å². The quantitative estimate of drug-likeness (QED) is 0.718. The van der Waals surface area contributed by atoms with E-state index in [9.17, 15) is 4.39 Å². The van der Waals surface area contributed by atoms with Crippen molar-refractivity contribution in [2.45, 2.75) is 0 Å². The normalized spacial score (nSPS) is 17.9. The molecule has 3 nitrogen and oxygen atoms in total. The van der Waals surface area contributed by atoms with E-state index in [1.807, 2.05) is 0 Å². The molecule has 1 radical (unpaired) electrons. The molecule has 1 aromatic rings. The van der Waals surface area contributed by atoms with Gasteiger partial charge < -0.3 is 9.64 Å². The number of likely N-dealkylation sites (tertiary alicyclic amines) is 1. The molecule has 0 amide bonds. The van der Waals surface area contributed by atoms with Crippen molar-refractivity contribution in [1.29, 1.82) is 0 Å². The molecule has 1 aliphatic rings. The molecule has 0 aliphatic carbocycles. The second kappa shape index (κ2) is 3.92. The van der Waals surface area contributed by atoms with Crippen molar-refractivity contribution in [3.8, 4) is 5.75 Å². The molecule has 2 heterocycles. The lowest BCUT2D eigenvalue weighted by Gasteiger charge is -2.35. The van der Waals surface area contributed by atoms with Crippen LogP contribution in [-0.2, 0) is 0 Å². The molecule has 1 aromatic heterocycles. The van der Waals surface area contributed by atoms with Gasteiger partial charge in [0.05, 0.1) is 12.8 Å². The van der Waals surface area contributed by atoms with Crippen molar-refractivity contribution < 1.29 is 9.13 Å². The topological polar surface area (TPSA) is 25.4 Å². The van der Waals surface area contributed by atoms with Crippen LogP contribution in [0.2, 0.25) is 0 Å². The van der Waals surface area contributed by atoms with Crippen molar-refractivity contribution in [1.82, 2.24) is 9.88 Å². The van der Waals surface area contributed by atoms with Gasteiger partial charge in [-0.2, -0.15) is 0 Å². The van der Waals surface area contributed by atoms with Crippen molar-refractivity contribution in [2.24, 2.45) is 5.92 Å². The number of aromatic nitrogens is 1. The zero-order valence-electron chi connectivity index (χ0n) is 8.03. The predicted molar refractivity (Wildman–Crippen MR) is 49.5 cm³/mol. The summed E-state index contributed by atoms with van der Waals surface area (Å²) in [5.74, 6) is 0.566. The van der Waals surface area contributed by atoms with Gasteiger partial charge in [0, 0.05) is 25.1 Å². The SMILES string of the molecule is CN1CC(COc2cn[c]c(F)c2)C1. The summed E-state index contributed by atoms with van der Waals surface area (Å²) < 4.78 is 18.0. The maximum absolute atomic E-state index is 12.6. The maximum Gasteiger partial charge on any atom is 0.154 e. The van der Waals surface area contributed by atoms with Gasteiger partial charge in [-0.1, -0.05) is 0 Å². The minimum absolute atomic E-state index is 0.478. The molecule has 0 atom stereocenters. The second-order valence-corrected chi connectivity index (χ2v) is 3.66. The highest BCUT2D eigenvalue weighted by Gasteiger charge is 2.23. The third-order valence-electron chi connectivity index (χ3n) is 2.26. The number of pyridine rings is 1. The molecule has 75 valence electrons. The van der Waals surface area contributed by atoms with Gasteiger partial charge in [-0.3, -0.25) is 0 Å². The van der Waals surface area contributed by atoms with E-state index in [1.54, 1.807) is 0 Å². The molecule has 0 saturated carbocycles. The van der Waals surface area contributed by atoms with Crippen LogP contribution in [-0.4, -0.2) is 36.6 Å². The van der Waals surface area contributed by atoms with Crippen molar-refractivity contribution in [2.75, 3.05) is 26.7 Å². The van der Waals surface area contributed by atoms with Crippen molar-refractivity contribution in [3.63, 3.8) is 0 Å². The zero-order valence-corrected chi connectivity index (χ0v) is 8.03. The van der Waals surface area contributed by atoms with Crippen LogP contribution >= 0.6 is 0 Å². The minimum Gasteiger partial charge on any atom is -0.491 e. The van der Waals surface area contributed by atoms with Gasteiger partial charge in [-0.05, 0) is 7.05 Å². The Hall–Kier alpha value is -1.16. The molecule has 1 saturated heterocycles. The summed E-state index contributed by atoms with van der Waals surface area (Å²) in [6, 6.07) is 1.30. The minimum atomic E-state index is -0.478. The fourth-order valence-corrected chi connectivity index (χ4v) is 1.58. The van der Waals surface area contributed by atoms with E-state index in [1.165, 1.54) is 12.3 Å². The molecule has 2 rings (SSSR count). The van der Waals surface area contributed by atoms with Gasteiger partial charge in [0.1, 0.15) is 11.9 Å². The van der Waals surface area contributed by atoms with Crippen molar-refractivity contribution >= 4 is 0 Å². The van der Waals surface area contributed by atoms with E-state index < -0.39 is 5.82 Å². The zero-order chi connectivity index (χ0) is 9.97. The van der Waals surface area contributed by atoms with E-state index in [0.717, 1.165) is 13.1 Å². The lowest BCUT2D eigenvalue weighted by atomic mass is 10.0. The average molecular weight is 195 g/mol. The number of halogens is 1. The Morgan fingerprint density at radius 2 is 2.50 bits per heavy atom. The predicted octanol–water partition coefficient (Wildman–Crippen LogP) is 0.961. The lowest BCUT2D eigenvalue weighted by Crippen LogP contribution is -2.46. The second-order valence-electron chi connectivity index (χ2n) is 3.66. The number of hydrogen-bond acceptors (Lipinski definition) is 3. The van der Waals surface area contributed by atoms with Gasteiger partial charge in [0.15, 0.2) is 5.82 Å². The largest absolute Gasteiger partial charge is 0.491 e. The molecule has 0 spiro atoms. The van der Waals surface area contributed by atoms with Crippen LogP contribution < -0.4 is 4.74 Å². The number of ether oxygens (including phenoxy) is 1. The molecular formula is C10H12FN2O. The van der Waals surface area contributed by atoms with Crippen LogP contribution in [0, 0.1) is 17.9 Å². The van der Waals surface area contributed by atoms with Crippen LogP contribution in [0.25, 0.3) is 0 Å². The summed E-state index contributed by atoms with van der Waals surface area (Å²) in [6.07, 6.45) is 3.67. The maximum atomic E-state index is 12.6. The summed E-state index contributed by atoms with van der Waals surface area (Å²) in [5, 5.41) is 0. The highest BCUT2D eigenvalue weighted by Crippen LogP contribution is 2.16. The molecule has 1 fully saturated rings. The first-order valence-corrected chi connectivity index (χ1v) is 4.58. The summed E-state index contributed by atoms with van der Waals surface area (Å²) in [6.45, 7) is 2.74. The molecule has 0 unspecified atom stereocenters. The number of hydrogen-bond donors (Lipinski definition) is 0. The summed E-state index contributed by atoms with van der Waals surface area (Å²) in [7, 11) is 2.06. The van der Waals surface area contributed by atoms with E-state index in [4.69, 9.17) is 4.74 Å². The van der Waals surface area contributed by atoms with Crippen LogP contribution in [0.4, 0.5) is 4.39 Å². The molecular weight excluding hydrogens is 183 g/mol. The molecule has 1 aliphatic heterocycles. The first-order chi connectivity index (χ1) is 6.74. The van der Waals surface area contributed by atoms with Crippen LogP contribution in [0.5, 0.6) is 5.75 Å². The van der Waals surface area contributed by atoms with Gasteiger partial charge in [0.2, 0.25) is 0 Å². The van der Waals surface area contributed by atoms with Gasteiger partial charge in [-0.25, -0.2) is 9.37 Å². The smallest absolute Gasteiger partial charge is 0.154 e. The summed E-state index contributed by atoms with van der Waals surface area (Å²) >= 11 is 0. The summed E-state index contributed by atoms with van der Waals surface area (Å²) in [4.78, 5) is 5.80. The van der Waals surface area contributed by atoms with Crippen LogP contribution in [0.15, 0.2) is 12.3 Å². The molecule has 0 bridgehead atoms. The highest BCUT2D eigenvalue weighted by molar-refractivity contribution is 5.16. The molecule has 0 N–H and O–H groups in total. The van der Waals surface area contributed by atoms with E-state index >= 15 is 0 Å². The van der Waals surface area contributed by atoms with Crippen LogP contribution in [0.1, 0.15) is 0 Å². The monoisotopic (exact) mass is 195 g/mol. The lowest BCUT2D eigenvalue weighted by molar-refractivity contribution is 0.0854. The van der Waals surface area contributed by atoms with E-state index in [2.05, 4.69) is 23.1 Å². The summed E-state index contributed by atoms with van der Waals surface area (Å²) in [5.41, 5.74) is 0. The fourth-order valence-electron chi connectivity index (χ4n) is 1.58. The third kappa shape index (κ3) is 2.20. The van der Waals surface area contributed by atoms with Crippen LogP contribution in [0.3, 0.4) is 0 Å². The Labute approximate surface area is 82.5 Å². The average Bonchev–Trinajstić information content (AvgIpc) is 2.11. The van der Waals surface area contributed by atoms with E-state index in [0.29, 0.717) is 18.3 Å². The molecule has 14 heavy (non-hydrogen) atoms. The van der Waals surface area contributed by atoms with E-state index in [-0.39, 0.29) is 0 Å². The Kier molecular flexibility index (Phi) is 2.63. The standard InChI is InChI=1S/C10H12FN2O/c1-13-5-8(6-13)7-14-10-2-9(11)3-12-4-10/h2,4,8H,5-7H2,1H3. The highest BCUT2D eigenvalue weighted by atomic mass is 19.1. The van der Waals surface area contributed by atoms with Gasteiger partial charge in [-0.15, -0.1) is 0 Å². The molecule has 4 heteroatoms. The Bertz CT molecular complexity index is 313. The van der Waals surface area contributed by atoms with Gasteiger partial charge in [0.25, 0.3) is 0 Å². The first kappa shape index (κ1) is 9.40. The Morgan fingerprint density at radius 1 is 1.71 bits per heavy atom. The third-order valence-corrected chi connectivity index (χ3v) is 2.26. The number of nitrogens with zero attached hydrogens (tertiary/aromatic N) is 2. The Morgan fingerprint density at radius 3 is 3.14 bits per heavy atom. The first-order valence-electron chi connectivity index (χ1n) is 4.58. The number of rotatable bonds is 3. The fraction of sp³-hybridized carbons (Fsp3) is 0.500. The Balaban J connectivity index is 1.80. The van der Waals surface area contributed by atoms with Crippen molar-refractivity contribution in [3.05, 3.63) is 24.3 Å².